The lowest BCUT2D eigenvalue weighted by molar-refractivity contribution is -0.140. The molecule has 7 nitrogen and oxygen atoms in total. The molecule has 0 aliphatic carbocycles. The van der Waals surface area contributed by atoms with Gasteiger partial charge in [-0.25, -0.2) is 4.79 Å². The van der Waals surface area contributed by atoms with E-state index in [0.29, 0.717) is 19.1 Å². The summed E-state index contributed by atoms with van der Waals surface area (Å²) in [6.07, 6.45) is 1.48. The second-order valence-electron chi connectivity index (χ2n) is 2.73. The fourth-order valence-corrected chi connectivity index (χ4v) is 0.799. The summed E-state index contributed by atoms with van der Waals surface area (Å²) in [4.78, 5) is 20.5. The molecule has 14 heavy (non-hydrogen) atoms. The van der Waals surface area contributed by atoms with Crippen LogP contribution in [0.3, 0.4) is 0 Å². The van der Waals surface area contributed by atoms with E-state index >= 15 is 0 Å². The Balaban J connectivity index is 0.000000292. The van der Waals surface area contributed by atoms with Gasteiger partial charge < -0.3 is 10.4 Å². The van der Waals surface area contributed by atoms with E-state index in [0.717, 1.165) is 0 Å². The zero-order chi connectivity index (χ0) is 11.4. The number of hydrogen-bond acceptors (Lipinski definition) is 4. The molecule has 0 aromatic heterocycles. The lowest BCUT2D eigenvalue weighted by atomic mass is 10.2. The summed E-state index contributed by atoms with van der Waals surface area (Å²) in [5, 5.41) is 10.6. The predicted molar refractivity (Wildman–Crippen MR) is 46.3 cm³/mol. The van der Waals surface area contributed by atoms with Gasteiger partial charge in [-0.3, -0.25) is 9.35 Å². The van der Waals surface area contributed by atoms with E-state index in [1.165, 1.54) is 0 Å². The van der Waals surface area contributed by atoms with Gasteiger partial charge in [0.1, 0.15) is 6.04 Å². The van der Waals surface area contributed by atoms with Crippen molar-refractivity contribution < 1.29 is 27.7 Å². The minimum atomic E-state index is -3.67. The first-order chi connectivity index (χ1) is 6.20. The van der Waals surface area contributed by atoms with Crippen molar-refractivity contribution in [2.24, 2.45) is 0 Å². The van der Waals surface area contributed by atoms with Crippen molar-refractivity contribution in [3.63, 3.8) is 0 Å². The summed E-state index contributed by atoms with van der Waals surface area (Å²) in [5.74, 6) is -1.11. The topological polar surface area (TPSA) is 121 Å². The second-order valence-corrected chi connectivity index (χ2v) is 4.20. The van der Waals surface area contributed by atoms with E-state index in [1.807, 2.05) is 0 Å². The van der Waals surface area contributed by atoms with E-state index < -0.39 is 22.1 Å². The Kier molecular flexibility index (Phi) is 4.51. The molecule has 1 saturated heterocycles. The first kappa shape index (κ1) is 12.8. The van der Waals surface area contributed by atoms with Crippen LogP contribution < -0.4 is 5.32 Å². The fourth-order valence-electron chi connectivity index (χ4n) is 0.799. The highest BCUT2D eigenvalue weighted by Crippen LogP contribution is 2.05. The lowest BCUT2D eigenvalue weighted by Gasteiger charge is -1.99. The molecule has 0 aromatic rings. The molecule has 1 aliphatic rings. The zero-order valence-corrected chi connectivity index (χ0v) is 8.24. The van der Waals surface area contributed by atoms with E-state index in [2.05, 4.69) is 5.32 Å². The van der Waals surface area contributed by atoms with Gasteiger partial charge in [-0.05, 0) is 6.42 Å². The molecule has 8 heteroatoms. The molecular weight excluding hydrogens is 214 g/mol. The van der Waals surface area contributed by atoms with Crippen LogP contribution in [0.15, 0.2) is 0 Å². The molecule has 1 rings (SSSR count). The molecule has 1 heterocycles. The van der Waals surface area contributed by atoms with Crippen LogP contribution in [0.2, 0.25) is 0 Å². The van der Waals surface area contributed by atoms with Gasteiger partial charge in [-0.15, -0.1) is 0 Å². The summed E-state index contributed by atoms with van der Waals surface area (Å²) in [6.45, 7) is 0. The van der Waals surface area contributed by atoms with Crippen LogP contribution in [0.1, 0.15) is 12.8 Å². The quantitative estimate of drug-likeness (QED) is 0.485. The van der Waals surface area contributed by atoms with Gasteiger partial charge in [0.05, 0.1) is 6.26 Å². The smallest absolute Gasteiger partial charge is 0.326 e. The number of carboxylic acids is 1. The van der Waals surface area contributed by atoms with Crippen LogP contribution >= 0.6 is 0 Å². The number of rotatable bonds is 1. The standard InChI is InChI=1S/C5H7NO3.CH4O3S/c7-4-2-1-3(6-4)5(8)9;1-5(2,3)4/h3H,1-2H2,(H,6,7)(H,8,9);1H3,(H,2,3,4)/t3-;/m0./s1. The minimum absolute atomic E-state index is 0.164. The van der Waals surface area contributed by atoms with Crippen LogP contribution in [0.25, 0.3) is 0 Å². The maximum Gasteiger partial charge on any atom is 0.326 e. The number of aliphatic carboxylic acids is 1. The molecule has 0 bridgehead atoms. The summed E-state index contributed by atoms with van der Waals surface area (Å²) in [6, 6.07) is -0.641. The molecule has 0 aromatic carbocycles. The molecule has 82 valence electrons. The Morgan fingerprint density at radius 2 is 2.00 bits per heavy atom. The predicted octanol–water partition coefficient (Wildman–Crippen LogP) is -1.15. The van der Waals surface area contributed by atoms with Crippen LogP contribution in [-0.2, 0) is 19.7 Å². The van der Waals surface area contributed by atoms with Gasteiger partial charge in [0.2, 0.25) is 5.91 Å². The zero-order valence-electron chi connectivity index (χ0n) is 7.43. The first-order valence-corrected chi connectivity index (χ1v) is 5.49. The molecule has 0 spiro atoms. The van der Waals surface area contributed by atoms with Crippen molar-refractivity contribution in [3.8, 4) is 0 Å². The Bertz CT molecular complexity index is 313. The van der Waals surface area contributed by atoms with E-state index in [9.17, 15) is 18.0 Å². The monoisotopic (exact) mass is 225 g/mol. The van der Waals surface area contributed by atoms with Gasteiger partial charge in [0.25, 0.3) is 10.1 Å². The molecule has 1 aliphatic heterocycles. The average Bonchev–Trinajstić information content (AvgIpc) is 2.31. The normalized spacial score (nSPS) is 20.7. The molecule has 3 N–H and O–H groups in total. The molecule has 0 radical (unpaired) electrons. The van der Waals surface area contributed by atoms with Crippen molar-refractivity contribution in [2.45, 2.75) is 18.9 Å². The van der Waals surface area contributed by atoms with E-state index in [4.69, 9.17) is 9.66 Å². The summed E-state index contributed by atoms with van der Waals surface area (Å²) >= 11 is 0. The van der Waals surface area contributed by atoms with Gasteiger partial charge in [0, 0.05) is 6.42 Å². The third-order valence-corrected chi connectivity index (χ3v) is 1.29. The molecule has 0 unspecified atom stereocenters. The number of hydrogen-bond donors (Lipinski definition) is 3. The van der Waals surface area contributed by atoms with Gasteiger partial charge >= 0.3 is 5.97 Å². The van der Waals surface area contributed by atoms with Crippen LogP contribution in [0, 0.1) is 0 Å². The minimum Gasteiger partial charge on any atom is -0.480 e. The number of carbonyl (C=O) groups excluding carboxylic acids is 1. The van der Waals surface area contributed by atoms with Crippen LogP contribution in [-0.4, -0.2) is 42.3 Å². The molecule has 0 saturated carbocycles. The molecule has 1 atom stereocenters. The maximum absolute atomic E-state index is 10.4. The Morgan fingerprint density at radius 1 is 1.57 bits per heavy atom. The summed E-state index contributed by atoms with van der Waals surface area (Å²) in [5.41, 5.74) is 0. The summed E-state index contributed by atoms with van der Waals surface area (Å²) in [7, 11) is -3.67. The Hall–Kier alpha value is -1.15. The Morgan fingerprint density at radius 3 is 2.14 bits per heavy atom. The van der Waals surface area contributed by atoms with E-state index in [1.54, 1.807) is 0 Å². The third-order valence-electron chi connectivity index (χ3n) is 1.29. The second kappa shape index (κ2) is 4.91. The highest BCUT2D eigenvalue weighted by Gasteiger charge is 2.26. The summed E-state index contributed by atoms with van der Waals surface area (Å²) < 4.78 is 25.9. The van der Waals surface area contributed by atoms with E-state index in [-0.39, 0.29) is 5.91 Å². The van der Waals surface area contributed by atoms with Gasteiger partial charge in [-0.1, -0.05) is 0 Å². The fraction of sp³-hybridized carbons (Fsp3) is 0.667. The van der Waals surface area contributed by atoms with Crippen molar-refractivity contribution in [2.75, 3.05) is 6.26 Å². The Labute approximate surface area is 80.9 Å². The van der Waals surface area contributed by atoms with Gasteiger partial charge in [-0.2, -0.15) is 8.42 Å². The van der Waals surface area contributed by atoms with Crippen molar-refractivity contribution in [1.82, 2.24) is 5.32 Å². The number of amides is 1. The molecular formula is C6H11NO6S. The maximum atomic E-state index is 10.4. The average molecular weight is 225 g/mol. The third kappa shape index (κ3) is 7.50. The SMILES string of the molecule is CS(=O)(=O)O.O=C1CC[C@@H](C(=O)O)N1. The van der Waals surface area contributed by atoms with Crippen molar-refractivity contribution >= 4 is 22.0 Å². The highest BCUT2D eigenvalue weighted by atomic mass is 32.2. The van der Waals surface area contributed by atoms with Crippen LogP contribution in [0.4, 0.5) is 0 Å². The van der Waals surface area contributed by atoms with Crippen molar-refractivity contribution in [3.05, 3.63) is 0 Å². The highest BCUT2D eigenvalue weighted by molar-refractivity contribution is 7.85. The van der Waals surface area contributed by atoms with Gasteiger partial charge in [0.15, 0.2) is 0 Å². The number of nitrogens with one attached hydrogen (secondary N) is 1. The first-order valence-electron chi connectivity index (χ1n) is 3.65. The lowest BCUT2D eigenvalue weighted by Crippen LogP contribution is -2.32. The number of carbonyl (C=O) groups is 2. The molecule has 1 fully saturated rings. The molecule has 1 amide bonds. The van der Waals surface area contributed by atoms with Crippen LogP contribution in [0.5, 0.6) is 0 Å². The van der Waals surface area contributed by atoms with Crippen molar-refractivity contribution in [1.29, 1.82) is 0 Å². The number of carboxylic acid groups (broad SMARTS) is 1. The largest absolute Gasteiger partial charge is 0.480 e.